The molecule has 1 aliphatic rings. The van der Waals surface area contributed by atoms with Crippen LogP contribution in [0.4, 0.5) is 0 Å². The summed E-state index contributed by atoms with van der Waals surface area (Å²) in [5.74, 6) is 0. The van der Waals surface area contributed by atoms with E-state index in [0.29, 0.717) is 11.5 Å². The van der Waals surface area contributed by atoms with Crippen molar-refractivity contribution in [1.29, 1.82) is 0 Å². The van der Waals surface area contributed by atoms with Crippen LogP contribution in [0.3, 0.4) is 0 Å². The molecule has 0 saturated carbocycles. The number of nitrogens with one attached hydrogen (secondary N) is 1. The average Bonchev–Trinajstić information content (AvgIpc) is 2.25. The third-order valence-electron chi connectivity index (χ3n) is 3.05. The van der Waals surface area contributed by atoms with Gasteiger partial charge in [-0.05, 0) is 19.8 Å². The van der Waals surface area contributed by atoms with Crippen LogP contribution in [0.2, 0.25) is 0 Å². The number of hydrogen-bond donors (Lipinski definition) is 1. The second kappa shape index (κ2) is 6.46. The third kappa shape index (κ3) is 4.49. The van der Waals surface area contributed by atoms with Crippen molar-refractivity contribution in [3.05, 3.63) is 0 Å². The third-order valence-corrected chi connectivity index (χ3v) is 3.05. The fraction of sp³-hybridized carbons (Fsp3) is 1.00. The molecule has 3 nitrogen and oxygen atoms in total. The quantitative estimate of drug-likeness (QED) is 0.733. The highest BCUT2D eigenvalue weighted by Gasteiger charge is 2.32. The second-order valence-electron chi connectivity index (χ2n) is 4.79. The molecule has 0 aromatic carbocycles. The van der Waals surface area contributed by atoms with Crippen molar-refractivity contribution in [2.75, 3.05) is 33.0 Å². The summed E-state index contributed by atoms with van der Waals surface area (Å²) in [6.45, 7) is 10.9. The molecule has 0 aromatic heterocycles. The normalized spacial score (nSPS) is 20.8. The minimum Gasteiger partial charge on any atom is -0.381 e. The van der Waals surface area contributed by atoms with Gasteiger partial charge < -0.3 is 14.8 Å². The zero-order valence-electron chi connectivity index (χ0n) is 10.3. The SMILES string of the molecule is CCOCC1(CNC(C)C)CCOCC1. The Hall–Kier alpha value is -0.120. The van der Waals surface area contributed by atoms with Gasteiger partial charge >= 0.3 is 0 Å². The minimum atomic E-state index is 0.304. The molecular weight excluding hydrogens is 190 g/mol. The summed E-state index contributed by atoms with van der Waals surface area (Å²) in [5.41, 5.74) is 0.304. The molecule has 0 radical (unpaired) electrons. The summed E-state index contributed by atoms with van der Waals surface area (Å²) in [7, 11) is 0. The maximum atomic E-state index is 5.61. The molecule has 3 heteroatoms. The summed E-state index contributed by atoms with van der Waals surface area (Å²) in [5, 5.41) is 3.53. The lowest BCUT2D eigenvalue weighted by Crippen LogP contribution is -2.44. The molecule has 1 heterocycles. The van der Waals surface area contributed by atoms with E-state index in [4.69, 9.17) is 9.47 Å². The van der Waals surface area contributed by atoms with E-state index in [1.54, 1.807) is 0 Å². The van der Waals surface area contributed by atoms with Crippen LogP contribution in [0.25, 0.3) is 0 Å². The molecule has 1 rings (SSSR count). The van der Waals surface area contributed by atoms with E-state index in [1.807, 2.05) is 0 Å². The highest BCUT2D eigenvalue weighted by atomic mass is 16.5. The van der Waals surface area contributed by atoms with E-state index in [1.165, 1.54) is 0 Å². The van der Waals surface area contributed by atoms with Crippen molar-refractivity contribution >= 4 is 0 Å². The standard InChI is InChI=1S/C12H25NO2/c1-4-14-10-12(9-13-11(2)3)5-7-15-8-6-12/h11,13H,4-10H2,1-3H3. The Morgan fingerprint density at radius 2 is 2.00 bits per heavy atom. The highest BCUT2D eigenvalue weighted by Crippen LogP contribution is 2.30. The van der Waals surface area contributed by atoms with Crippen molar-refractivity contribution in [1.82, 2.24) is 5.32 Å². The van der Waals surface area contributed by atoms with Gasteiger partial charge in [-0.1, -0.05) is 13.8 Å². The van der Waals surface area contributed by atoms with Crippen LogP contribution in [0, 0.1) is 5.41 Å². The maximum Gasteiger partial charge on any atom is 0.0536 e. The molecule has 15 heavy (non-hydrogen) atoms. The number of rotatable bonds is 6. The summed E-state index contributed by atoms with van der Waals surface area (Å²) >= 11 is 0. The molecule has 0 bridgehead atoms. The van der Waals surface area contributed by atoms with Crippen molar-refractivity contribution < 1.29 is 9.47 Å². The predicted octanol–water partition coefficient (Wildman–Crippen LogP) is 1.82. The zero-order valence-corrected chi connectivity index (χ0v) is 10.3. The number of hydrogen-bond acceptors (Lipinski definition) is 3. The van der Waals surface area contributed by atoms with Crippen molar-refractivity contribution in [2.45, 2.75) is 39.7 Å². The molecular formula is C12H25NO2. The van der Waals surface area contributed by atoms with Gasteiger partial charge in [0.1, 0.15) is 0 Å². The fourth-order valence-electron chi connectivity index (χ4n) is 1.92. The topological polar surface area (TPSA) is 30.5 Å². The van der Waals surface area contributed by atoms with Crippen molar-refractivity contribution in [3.8, 4) is 0 Å². The Morgan fingerprint density at radius 1 is 1.33 bits per heavy atom. The van der Waals surface area contributed by atoms with Gasteiger partial charge in [-0.3, -0.25) is 0 Å². The first kappa shape index (κ1) is 12.9. The van der Waals surface area contributed by atoms with Gasteiger partial charge in [0, 0.05) is 37.8 Å². The van der Waals surface area contributed by atoms with E-state index < -0.39 is 0 Å². The Balaban J connectivity index is 2.42. The summed E-state index contributed by atoms with van der Waals surface area (Å²) in [6.07, 6.45) is 2.24. The minimum absolute atomic E-state index is 0.304. The van der Waals surface area contributed by atoms with Gasteiger partial charge in [-0.25, -0.2) is 0 Å². The van der Waals surface area contributed by atoms with Crippen molar-refractivity contribution in [3.63, 3.8) is 0 Å². The molecule has 1 saturated heterocycles. The van der Waals surface area contributed by atoms with E-state index in [2.05, 4.69) is 26.1 Å². The van der Waals surface area contributed by atoms with E-state index >= 15 is 0 Å². The molecule has 90 valence electrons. The van der Waals surface area contributed by atoms with Gasteiger partial charge in [0.05, 0.1) is 6.61 Å². The molecule has 0 atom stereocenters. The monoisotopic (exact) mass is 215 g/mol. The van der Waals surface area contributed by atoms with Crippen LogP contribution < -0.4 is 5.32 Å². The lowest BCUT2D eigenvalue weighted by molar-refractivity contribution is -0.0369. The van der Waals surface area contributed by atoms with Gasteiger partial charge in [0.25, 0.3) is 0 Å². The smallest absolute Gasteiger partial charge is 0.0536 e. The van der Waals surface area contributed by atoms with Gasteiger partial charge in [-0.15, -0.1) is 0 Å². The lowest BCUT2D eigenvalue weighted by Gasteiger charge is -2.37. The van der Waals surface area contributed by atoms with Crippen LogP contribution >= 0.6 is 0 Å². The Labute approximate surface area is 93.5 Å². The van der Waals surface area contributed by atoms with Crippen molar-refractivity contribution in [2.24, 2.45) is 5.41 Å². The van der Waals surface area contributed by atoms with Gasteiger partial charge in [-0.2, -0.15) is 0 Å². The van der Waals surface area contributed by atoms with Crippen LogP contribution in [0.5, 0.6) is 0 Å². The van der Waals surface area contributed by atoms with Crippen LogP contribution in [0.1, 0.15) is 33.6 Å². The Bertz CT molecular complexity index is 165. The first-order valence-corrected chi connectivity index (χ1v) is 6.07. The molecule has 1 N–H and O–H groups in total. The molecule has 1 aliphatic heterocycles. The molecule has 0 spiro atoms. The highest BCUT2D eigenvalue weighted by molar-refractivity contribution is 4.84. The first-order valence-electron chi connectivity index (χ1n) is 6.07. The fourth-order valence-corrected chi connectivity index (χ4v) is 1.92. The van der Waals surface area contributed by atoms with Crippen LogP contribution in [0.15, 0.2) is 0 Å². The Kier molecular flexibility index (Phi) is 5.58. The van der Waals surface area contributed by atoms with Crippen LogP contribution in [-0.2, 0) is 9.47 Å². The first-order chi connectivity index (χ1) is 7.18. The van der Waals surface area contributed by atoms with E-state index in [9.17, 15) is 0 Å². The maximum absolute atomic E-state index is 5.61. The largest absolute Gasteiger partial charge is 0.381 e. The van der Waals surface area contributed by atoms with E-state index in [0.717, 1.165) is 45.8 Å². The predicted molar refractivity (Wildman–Crippen MR) is 62.1 cm³/mol. The molecule has 1 fully saturated rings. The second-order valence-corrected chi connectivity index (χ2v) is 4.79. The Morgan fingerprint density at radius 3 is 2.53 bits per heavy atom. The molecule has 0 aliphatic carbocycles. The average molecular weight is 215 g/mol. The van der Waals surface area contributed by atoms with E-state index in [-0.39, 0.29) is 0 Å². The molecule has 0 amide bonds. The van der Waals surface area contributed by atoms with Crippen LogP contribution in [-0.4, -0.2) is 39.0 Å². The zero-order chi connectivity index (χ0) is 11.1. The van der Waals surface area contributed by atoms with Gasteiger partial charge in [0.15, 0.2) is 0 Å². The molecule has 0 unspecified atom stereocenters. The van der Waals surface area contributed by atoms with Gasteiger partial charge in [0.2, 0.25) is 0 Å². The number of ether oxygens (including phenoxy) is 2. The summed E-state index contributed by atoms with van der Waals surface area (Å²) in [4.78, 5) is 0. The lowest BCUT2D eigenvalue weighted by atomic mass is 9.80. The summed E-state index contributed by atoms with van der Waals surface area (Å²) < 4.78 is 11.0. The summed E-state index contributed by atoms with van der Waals surface area (Å²) in [6, 6.07) is 0.548. The molecule has 0 aromatic rings.